The average Bonchev–Trinajstić information content (AvgIpc) is 2.16. The second-order valence-corrected chi connectivity index (χ2v) is 2.99. The summed E-state index contributed by atoms with van der Waals surface area (Å²) in [4.78, 5) is 10.7. The summed E-state index contributed by atoms with van der Waals surface area (Å²) >= 11 is 0. The summed E-state index contributed by atoms with van der Waals surface area (Å²) in [6.45, 7) is 1.56. The van der Waals surface area contributed by atoms with Crippen molar-refractivity contribution < 1.29 is 9.90 Å². The molecule has 78 valence electrons. The van der Waals surface area contributed by atoms with Gasteiger partial charge in [0.1, 0.15) is 0 Å². The highest BCUT2D eigenvalue weighted by atomic mass is 16.2. The van der Waals surface area contributed by atoms with Crippen molar-refractivity contribution in [2.24, 2.45) is 0 Å². The fourth-order valence-electron chi connectivity index (χ4n) is 1.01. The molecule has 0 radical (unpaired) electrons. The van der Waals surface area contributed by atoms with Crippen molar-refractivity contribution >= 4 is 5.91 Å². The Morgan fingerprint density at radius 2 is 1.92 bits per heavy atom. The third-order valence-corrected chi connectivity index (χ3v) is 1.83. The highest BCUT2D eigenvalue weighted by molar-refractivity contribution is 5.77. The maximum absolute atomic E-state index is 10.7. The van der Waals surface area contributed by atoms with E-state index in [9.17, 15) is 4.79 Å². The summed E-state index contributed by atoms with van der Waals surface area (Å²) in [5.74, 6) is 0.0235. The molecule has 0 spiro atoms. The van der Waals surface area contributed by atoms with Gasteiger partial charge in [0.25, 0.3) is 0 Å². The number of hydrogen-bond acceptors (Lipinski definition) is 3. The summed E-state index contributed by atoms with van der Waals surface area (Å²) in [6.07, 6.45) is 4.13. The Labute approximate surface area is 79.7 Å². The number of carbonyl (C=O) groups excluding carboxylic acids is 1. The average molecular weight is 188 g/mol. The van der Waals surface area contributed by atoms with Gasteiger partial charge in [0, 0.05) is 13.7 Å². The SMILES string of the molecule is CNC(=O)CNCCCCCCO. The van der Waals surface area contributed by atoms with Crippen molar-refractivity contribution in [3.63, 3.8) is 0 Å². The van der Waals surface area contributed by atoms with E-state index < -0.39 is 0 Å². The number of likely N-dealkylation sites (N-methyl/N-ethyl adjacent to an activating group) is 1. The third kappa shape index (κ3) is 9.30. The molecule has 4 nitrogen and oxygen atoms in total. The van der Waals surface area contributed by atoms with Gasteiger partial charge in [0.15, 0.2) is 0 Å². The molecule has 0 rings (SSSR count). The molecule has 0 heterocycles. The number of carbonyl (C=O) groups is 1. The van der Waals surface area contributed by atoms with Crippen LogP contribution in [-0.2, 0) is 4.79 Å². The van der Waals surface area contributed by atoms with Gasteiger partial charge in [-0.2, -0.15) is 0 Å². The van der Waals surface area contributed by atoms with E-state index in [0.29, 0.717) is 6.54 Å². The van der Waals surface area contributed by atoms with Gasteiger partial charge in [-0.1, -0.05) is 12.8 Å². The lowest BCUT2D eigenvalue weighted by Gasteiger charge is -2.02. The summed E-state index contributed by atoms with van der Waals surface area (Å²) in [5.41, 5.74) is 0. The molecule has 0 unspecified atom stereocenters. The first-order valence-corrected chi connectivity index (χ1v) is 4.83. The van der Waals surface area contributed by atoms with Crippen molar-refractivity contribution in [1.29, 1.82) is 0 Å². The highest BCUT2D eigenvalue weighted by Gasteiger charge is 1.95. The number of hydrogen-bond donors (Lipinski definition) is 3. The standard InChI is InChI=1S/C9H20N2O2/c1-10-9(13)8-11-6-4-2-3-5-7-12/h11-12H,2-8H2,1H3,(H,10,13). The van der Waals surface area contributed by atoms with Crippen LogP contribution in [0.4, 0.5) is 0 Å². The van der Waals surface area contributed by atoms with Crippen molar-refractivity contribution in [3.05, 3.63) is 0 Å². The minimum atomic E-state index is 0.0235. The predicted molar refractivity (Wildman–Crippen MR) is 52.5 cm³/mol. The monoisotopic (exact) mass is 188 g/mol. The molecule has 0 atom stereocenters. The van der Waals surface area contributed by atoms with Gasteiger partial charge in [-0.15, -0.1) is 0 Å². The lowest BCUT2D eigenvalue weighted by Crippen LogP contribution is -2.31. The molecule has 1 amide bonds. The van der Waals surface area contributed by atoms with E-state index in [-0.39, 0.29) is 12.5 Å². The fraction of sp³-hybridized carbons (Fsp3) is 0.889. The van der Waals surface area contributed by atoms with Gasteiger partial charge >= 0.3 is 0 Å². The molecule has 0 aliphatic rings. The number of aliphatic hydroxyl groups is 1. The molecule has 0 aliphatic heterocycles. The zero-order chi connectivity index (χ0) is 9.94. The molecule has 0 aliphatic carbocycles. The van der Waals surface area contributed by atoms with Gasteiger partial charge < -0.3 is 15.7 Å². The minimum Gasteiger partial charge on any atom is -0.396 e. The van der Waals surface area contributed by atoms with Gasteiger partial charge in [-0.05, 0) is 19.4 Å². The second-order valence-electron chi connectivity index (χ2n) is 2.99. The first-order chi connectivity index (χ1) is 6.31. The number of unbranched alkanes of at least 4 members (excludes halogenated alkanes) is 3. The van der Waals surface area contributed by atoms with Crippen LogP contribution in [0.25, 0.3) is 0 Å². The van der Waals surface area contributed by atoms with Crippen LogP contribution in [0.1, 0.15) is 25.7 Å². The van der Waals surface area contributed by atoms with Crippen molar-refractivity contribution in [2.45, 2.75) is 25.7 Å². The van der Waals surface area contributed by atoms with E-state index in [2.05, 4.69) is 10.6 Å². The zero-order valence-corrected chi connectivity index (χ0v) is 8.31. The van der Waals surface area contributed by atoms with E-state index in [0.717, 1.165) is 32.2 Å². The van der Waals surface area contributed by atoms with Crippen LogP contribution < -0.4 is 10.6 Å². The molecule has 4 heteroatoms. The van der Waals surface area contributed by atoms with Gasteiger partial charge in [-0.3, -0.25) is 4.79 Å². The van der Waals surface area contributed by atoms with Crippen LogP contribution in [0, 0.1) is 0 Å². The lowest BCUT2D eigenvalue weighted by atomic mass is 10.2. The van der Waals surface area contributed by atoms with E-state index in [1.54, 1.807) is 7.05 Å². The molecule has 3 N–H and O–H groups in total. The van der Waals surface area contributed by atoms with Crippen LogP contribution in [0.5, 0.6) is 0 Å². The number of rotatable bonds is 8. The van der Waals surface area contributed by atoms with E-state index >= 15 is 0 Å². The fourth-order valence-corrected chi connectivity index (χ4v) is 1.01. The normalized spacial score (nSPS) is 10.0. The Balaban J connectivity index is 2.95. The largest absolute Gasteiger partial charge is 0.396 e. The molecule has 13 heavy (non-hydrogen) atoms. The Kier molecular flexibility index (Phi) is 9.03. The molecule has 0 aromatic rings. The maximum Gasteiger partial charge on any atom is 0.233 e. The molecule has 0 aromatic heterocycles. The summed E-state index contributed by atoms with van der Waals surface area (Å²) in [6, 6.07) is 0. The number of aliphatic hydroxyl groups excluding tert-OH is 1. The van der Waals surface area contributed by atoms with Gasteiger partial charge in [-0.25, -0.2) is 0 Å². The number of nitrogens with one attached hydrogen (secondary N) is 2. The zero-order valence-electron chi connectivity index (χ0n) is 8.31. The summed E-state index contributed by atoms with van der Waals surface area (Å²) < 4.78 is 0. The molecule has 0 aromatic carbocycles. The Morgan fingerprint density at radius 3 is 2.54 bits per heavy atom. The van der Waals surface area contributed by atoms with E-state index in [4.69, 9.17) is 5.11 Å². The van der Waals surface area contributed by atoms with Gasteiger partial charge in [0.2, 0.25) is 5.91 Å². The Morgan fingerprint density at radius 1 is 1.23 bits per heavy atom. The molecule has 0 saturated heterocycles. The maximum atomic E-state index is 10.7. The Hall–Kier alpha value is -0.610. The molecule has 0 bridgehead atoms. The van der Waals surface area contributed by atoms with Gasteiger partial charge in [0.05, 0.1) is 6.54 Å². The van der Waals surface area contributed by atoms with Crippen LogP contribution in [-0.4, -0.2) is 37.8 Å². The first-order valence-electron chi connectivity index (χ1n) is 4.83. The van der Waals surface area contributed by atoms with Crippen LogP contribution >= 0.6 is 0 Å². The minimum absolute atomic E-state index is 0.0235. The topological polar surface area (TPSA) is 61.4 Å². The lowest BCUT2D eigenvalue weighted by molar-refractivity contribution is -0.119. The van der Waals surface area contributed by atoms with E-state index in [1.807, 2.05) is 0 Å². The van der Waals surface area contributed by atoms with E-state index in [1.165, 1.54) is 0 Å². The quantitative estimate of drug-likeness (QED) is 0.465. The predicted octanol–water partition coefficient (Wildman–Crippen LogP) is -0.125. The molecular weight excluding hydrogens is 168 g/mol. The van der Waals surface area contributed by atoms with Crippen molar-refractivity contribution in [1.82, 2.24) is 10.6 Å². The van der Waals surface area contributed by atoms with Crippen LogP contribution in [0.2, 0.25) is 0 Å². The molecule has 0 fully saturated rings. The summed E-state index contributed by atoms with van der Waals surface area (Å²) in [5, 5.41) is 14.1. The molecule has 0 saturated carbocycles. The number of amides is 1. The third-order valence-electron chi connectivity index (χ3n) is 1.83. The smallest absolute Gasteiger partial charge is 0.233 e. The van der Waals surface area contributed by atoms with Crippen LogP contribution in [0.15, 0.2) is 0 Å². The first kappa shape index (κ1) is 12.4. The second kappa shape index (κ2) is 9.48. The summed E-state index contributed by atoms with van der Waals surface area (Å²) in [7, 11) is 1.63. The molecular formula is C9H20N2O2. The van der Waals surface area contributed by atoms with Crippen molar-refractivity contribution in [2.75, 3.05) is 26.7 Å². The highest BCUT2D eigenvalue weighted by Crippen LogP contribution is 1.96. The van der Waals surface area contributed by atoms with Crippen molar-refractivity contribution in [3.8, 4) is 0 Å². The Bertz CT molecular complexity index is 129. The van der Waals surface area contributed by atoms with Crippen LogP contribution in [0.3, 0.4) is 0 Å².